The van der Waals surface area contributed by atoms with Gasteiger partial charge in [0.15, 0.2) is 0 Å². The highest BCUT2D eigenvalue weighted by atomic mass is 32.2. The molecule has 2 saturated heterocycles. The molecule has 3 heterocycles. The second-order valence-corrected chi connectivity index (χ2v) is 6.27. The van der Waals surface area contributed by atoms with Crippen LogP contribution in [0.4, 0.5) is 0 Å². The zero-order valence-electron chi connectivity index (χ0n) is 9.93. The van der Waals surface area contributed by atoms with Crippen molar-refractivity contribution in [2.75, 3.05) is 18.1 Å². The van der Waals surface area contributed by atoms with Crippen LogP contribution in [0.5, 0.6) is 0 Å². The fourth-order valence-corrected chi connectivity index (χ4v) is 4.35. The lowest BCUT2D eigenvalue weighted by Gasteiger charge is -2.39. The van der Waals surface area contributed by atoms with Crippen LogP contribution < -0.4 is 5.73 Å². The average Bonchev–Trinajstić information content (AvgIpc) is 3.00. The summed E-state index contributed by atoms with van der Waals surface area (Å²) in [6.07, 6.45) is 6.84. The van der Waals surface area contributed by atoms with Gasteiger partial charge in [-0.05, 0) is 37.0 Å². The molecule has 3 unspecified atom stereocenters. The third kappa shape index (κ3) is 2.26. The quantitative estimate of drug-likeness (QED) is 0.880. The van der Waals surface area contributed by atoms with Crippen LogP contribution in [0.25, 0.3) is 0 Å². The molecule has 94 valence electrons. The first kappa shape index (κ1) is 11.6. The predicted molar refractivity (Wildman–Crippen MR) is 69.0 cm³/mol. The van der Waals surface area contributed by atoms with Gasteiger partial charge >= 0.3 is 0 Å². The topological polar surface area (TPSA) is 48.4 Å². The molecule has 2 fully saturated rings. The number of ether oxygens (including phenoxy) is 1. The maximum atomic E-state index is 6.34. The van der Waals surface area contributed by atoms with E-state index in [9.17, 15) is 0 Å². The number of thioether (sulfide) groups is 1. The van der Waals surface area contributed by atoms with Crippen molar-refractivity contribution in [1.29, 1.82) is 0 Å². The maximum Gasteiger partial charge on any atom is 0.0950 e. The minimum atomic E-state index is 0.0973. The number of hydrogen-bond acceptors (Lipinski definition) is 4. The SMILES string of the molecule is NC(c1ccoc1)C1CCOC2(CCSC2)C1. The first-order valence-corrected chi connectivity index (χ1v) is 7.44. The van der Waals surface area contributed by atoms with Crippen LogP contribution in [-0.4, -0.2) is 23.7 Å². The molecule has 1 aromatic rings. The molecule has 2 N–H and O–H groups in total. The highest BCUT2D eigenvalue weighted by Gasteiger charge is 2.42. The average molecular weight is 253 g/mol. The van der Waals surface area contributed by atoms with E-state index < -0.39 is 0 Å². The van der Waals surface area contributed by atoms with E-state index >= 15 is 0 Å². The van der Waals surface area contributed by atoms with Crippen molar-refractivity contribution in [3.8, 4) is 0 Å². The van der Waals surface area contributed by atoms with E-state index in [1.807, 2.05) is 17.8 Å². The van der Waals surface area contributed by atoms with Gasteiger partial charge in [0, 0.05) is 24.0 Å². The first-order chi connectivity index (χ1) is 8.29. The maximum absolute atomic E-state index is 6.34. The Hall–Kier alpha value is -0.450. The van der Waals surface area contributed by atoms with Crippen LogP contribution in [0.2, 0.25) is 0 Å². The zero-order valence-corrected chi connectivity index (χ0v) is 10.7. The summed E-state index contributed by atoms with van der Waals surface area (Å²) < 4.78 is 11.2. The summed E-state index contributed by atoms with van der Waals surface area (Å²) in [5, 5.41) is 0. The molecule has 0 saturated carbocycles. The van der Waals surface area contributed by atoms with E-state index in [4.69, 9.17) is 14.9 Å². The van der Waals surface area contributed by atoms with Crippen LogP contribution in [0.1, 0.15) is 30.9 Å². The van der Waals surface area contributed by atoms with Crippen LogP contribution in [0, 0.1) is 5.92 Å². The van der Waals surface area contributed by atoms with Crippen molar-refractivity contribution in [2.24, 2.45) is 11.7 Å². The summed E-state index contributed by atoms with van der Waals surface area (Å²) in [6.45, 7) is 0.858. The molecule has 3 rings (SSSR count). The van der Waals surface area contributed by atoms with E-state index in [-0.39, 0.29) is 11.6 Å². The Balaban J connectivity index is 1.71. The summed E-state index contributed by atoms with van der Waals surface area (Å²) in [6, 6.07) is 2.08. The number of nitrogens with two attached hydrogens (primary N) is 1. The predicted octanol–water partition coefficient (Wildman–Crippen LogP) is 2.58. The molecule has 1 aromatic heterocycles. The third-order valence-corrected chi connectivity index (χ3v) is 5.26. The van der Waals surface area contributed by atoms with Gasteiger partial charge in [0.1, 0.15) is 0 Å². The Morgan fingerprint density at radius 1 is 1.53 bits per heavy atom. The number of rotatable bonds is 2. The normalized spacial score (nSPS) is 35.2. The zero-order chi connectivity index (χ0) is 11.7. The molecular formula is C13H19NO2S. The van der Waals surface area contributed by atoms with Crippen LogP contribution in [0.15, 0.2) is 23.0 Å². The molecule has 1 spiro atoms. The Labute approximate surface area is 106 Å². The number of furan rings is 1. The van der Waals surface area contributed by atoms with Crippen molar-refractivity contribution in [3.63, 3.8) is 0 Å². The molecule has 0 aliphatic carbocycles. The highest BCUT2D eigenvalue weighted by molar-refractivity contribution is 7.99. The van der Waals surface area contributed by atoms with Crippen molar-refractivity contribution in [1.82, 2.24) is 0 Å². The Morgan fingerprint density at radius 2 is 2.47 bits per heavy atom. The second-order valence-electron chi connectivity index (χ2n) is 5.17. The van der Waals surface area contributed by atoms with E-state index in [0.717, 1.165) is 30.8 Å². The molecule has 3 nitrogen and oxygen atoms in total. The van der Waals surface area contributed by atoms with E-state index in [2.05, 4.69) is 0 Å². The minimum Gasteiger partial charge on any atom is -0.472 e. The van der Waals surface area contributed by atoms with E-state index in [1.165, 1.54) is 12.2 Å². The van der Waals surface area contributed by atoms with E-state index in [1.54, 1.807) is 12.5 Å². The Morgan fingerprint density at radius 3 is 3.18 bits per heavy atom. The Kier molecular flexibility index (Phi) is 3.19. The smallest absolute Gasteiger partial charge is 0.0950 e. The van der Waals surface area contributed by atoms with Crippen molar-refractivity contribution in [3.05, 3.63) is 24.2 Å². The fourth-order valence-electron chi connectivity index (χ4n) is 2.97. The van der Waals surface area contributed by atoms with Crippen molar-refractivity contribution < 1.29 is 9.15 Å². The molecule has 0 amide bonds. The molecule has 17 heavy (non-hydrogen) atoms. The van der Waals surface area contributed by atoms with Crippen molar-refractivity contribution in [2.45, 2.75) is 30.9 Å². The standard InChI is InChI=1S/C13H19NO2S/c14-12(11-1-4-15-8-11)10-2-5-16-13(7-10)3-6-17-9-13/h1,4,8,10,12H,2-3,5-7,9,14H2. The molecule has 3 atom stereocenters. The third-order valence-electron chi connectivity index (χ3n) is 4.03. The lowest BCUT2D eigenvalue weighted by atomic mass is 9.80. The molecule has 0 radical (unpaired) electrons. The monoisotopic (exact) mass is 253 g/mol. The summed E-state index contributed by atoms with van der Waals surface area (Å²) in [5.74, 6) is 2.90. The van der Waals surface area contributed by atoms with Crippen LogP contribution in [0.3, 0.4) is 0 Å². The van der Waals surface area contributed by atoms with Gasteiger partial charge in [-0.25, -0.2) is 0 Å². The lowest BCUT2D eigenvalue weighted by molar-refractivity contribution is -0.0834. The Bertz CT molecular complexity index is 360. The van der Waals surface area contributed by atoms with Gasteiger partial charge in [-0.15, -0.1) is 0 Å². The molecule has 2 aliphatic heterocycles. The molecule has 2 aliphatic rings. The molecule has 4 heteroatoms. The minimum absolute atomic E-state index is 0.0973. The number of hydrogen-bond donors (Lipinski definition) is 1. The highest BCUT2D eigenvalue weighted by Crippen LogP contribution is 2.43. The van der Waals surface area contributed by atoms with Gasteiger partial charge in [-0.1, -0.05) is 0 Å². The fraction of sp³-hybridized carbons (Fsp3) is 0.692. The van der Waals surface area contributed by atoms with Gasteiger partial charge in [0.2, 0.25) is 0 Å². The van der Waals surface area contributed by atoms with Gasteiger partial charge < -0.3 is 14.9 Å². The summed E-state index contributed by atoms with van der Waals surface area (Å²) >= 11 is 2.01. The summed E-state index contributed by atoms with van der Waals surface area (Å²) in [4.78, 5) is 0. The van der Waals surface area contributed by atoms with Gasteiger partial charge in [0.05, 0.1) is 18.1 Å². The van der Waals surface area contributed by atoms with Crippen molar-refractivity contribution >= 4 is 11.8 Å². The van der Waals surface area contributed by atoms with Gasteiger partial charge in [-0.2, -0.15) is 11.8 Å². The second kappa shape index (κ2) is 4.67. The van der Waals surface area contributed by atoms with E-state index in [0.29, 0.717) is 5.92 Å². The lowest BCUT2D eigenvalue weighted by Crippen LogP contribution is -2.42. The largest absolute Gasteiger partial charge is 0.472 e. The summed E-state index contributed by atoms with van der Waals surface area (Å²) in [7, 11) is 0. The first-order valence-electron chi connectivity index (χ1n) is 6.28. The van der Waals surface area contributed by atoms with Crippen LogP contribution >= 0.6 is 11.8 Å². The van der Waals surface area contributed by atoms with Gasteiger partial charge in [0.25, 0.3) is 0 Å². The molecule has 0 bridgehead atoms. The summed E-state index contributed by atoms with van der Waals surface area (Å²) in [5.41, 5.74) is 7.59. The molecular weight excluding hydrogens is 234 g/mol. The van der Waals surface area contributed by atoms with Crippen LogP contribution in [-0.2, 0) is 4.74 Å². The van der Waals surface area contributed by atoms with Gasteiger partial charge in [-0.3, -0.25) is 0 Å². The molecule has 0 aromatic carbocycles.